The van der Waals surface area contributed by atoms with Crippen molar-refractivity contribution < 1.29 is 9.35 Å². The van der Waals surface area contributed by atoms with Crippen LogP contribution in [0.2, 0.25) is 0 Å². The van der Waals surface area contributed by atoms with Crippen molar-refractivity contribution in [2.24, 2.45) is 0 Å². The first-order chi connectivity index (χ1) is 16.8. The molecule has 5 rings (SSSR count). The maximum Gasteiger partial charge on any atom is 0.284 e. The first-order valence-corrected chi connectivity index (χ1v) is 11.6. The van der Waals surface area contributed by atoms with E-state index >= 15 is 0 Å². The summed E-state index contributed by atoms with van der Waals surface area (Å²) >= 11 is 0. The SMILES string of the molecule is C=CCc1ccc(-c2ccccc2)cc1-c1cccc[n+]1-[n+]1ccccc1-c1ccccc1C. The molecule has 0 aliphatic rings. The van der Waals surface area contributed by atoms with Crippen LogP contribution in [-0.2, 0) is 6.42 Å². The van der Waals surface area contributed by atoms with Gasteiger partial charge >= 0.3 is 0 Å². The second-order valence-corrected chi connectivity index (χ2v) is 8.41. The van der Waals surface area contributed by atoms with E-state index in [9.17, 15) is 0 Å². The second-order valence-electron chi connectivity index (χ2n) is 8.41. The van der Waals surface area contributed by atoms with E-state index in [0.717, 1.165) is 17.8 Å². The molecule has 0 radical (unpaired) electrons. The van der Waals surface area contributed by atoms with Crippen LogP contribution in [0, 0.1) is 6.92 Å². The number of pyridine rings is 2. The summed E-state index contributed by atoms with van der Waals surface area (Å²) in [7, 11) is 0. The lowest BCUT2D eigenvalue weighted by Gasteiger charge is -2.10. The van der Waals surface area contributed by atoms with E-state index in [1.165, 1.54) is 33.4 Å². The molecule has 3 aromatic carbocycles. The summed E-state index contributed by atoms with van der Waals surface area (Å²) in [6.45, 7) is 6.16. The van der Waals surface area contributed by atoms with E-state index < -0.39 is 0 Å². The minimum Gasteiger partial charge on any atom is -0.103 e. The van der Waals surface area contributed by atoms with E-state index in [0.29, 0.717) is 0 Å². The molecule has 5 aromatic rings. The van der Waals surface area contributed by atoms with Crippen LogP contribution in [0.5, 0.6) is 0 Å². The number of benzene rings is 3. The third-order valence-electron chi connectivity index (χ3n) is 6.19. The van der Waals surface area contributed by atoms with Crippen molar-refractivity contribution in [2.45, 2.75) is 13.3 Å². The zero-order valence-corrected chi connectivity index (χ0v) is 19.4. The quantitative estimate of drug-likeness (QED) is 0.207. The van der Waals surface area contributed by atoms with Crippen molar-refractivity contribution in [2.75, 3.05) is 0 Å². The van der Waals surface area contributed by atoms with Gasteiger partial charge in [0.2, 0.25) is 12.4 Å². The number of allylic oxidation sites excluding steroid dienone is 1. The van der Waals surface area contributed by atoms with Crippen LogP contribution in [0.3, 0.4) is 0 Å². The van der Waals surface area contributed by atoms with Gasteiger partial charge in [-0.3, -0.25) is 0 Å². The molecule has 2 nitrogen and oxygen atoms in total. The van der Waals surface area contributed by atoms with Crippen molar-refractivity contribution in [3.8, 4) is 33.6 Å². The summed E-state index contributed by atoms with van der Waals surface area (Å²) in [6.07, 6.45) is 7.04. The molecule has 164 valence electrons. The highest BCUT2D eigenvalue weighted by molar-refractivity contribution is 5.73. The van der Waals surface area contributed by atoms with Gasteiger partial charge in [-0.05, 0) is 59.9 Å². The summed E-state index contributed by atoms with van der Waals surface area (Å²) in [5.41, 5.74) is 9.61. The topological polar surface area (TPSA) is 7.76 Å². The van der Waals surface area contributed by atoms with Crippen molar-refractivity contribution >= 4 is 0 Å². The lowest BCUT2D eigenvalue weighted by atomic mass is 9.95. The van der Waals surface area contributed by atoms with Crippen LogP contribution in [-0.4, -0.2) is 0 Å². The van der Waals surface area contributed by atoms with Crippen molar-refractivity contribution in [3.63, 3.8) is 0 Å². The Hall–Kier alpha value is -4.30. The van der Waals surface area contributed by atoms with Crippen LogP contribution in [0.15, 0.2) is 134 Å². The van der Waals surface area contributed by atoms with Crippen molar-refractivity contribution in [3.05, 3.63) is 145 Å². The zero-order chi connectivity index (χ0) is 23.3. The number of hydrogen-bond donors (Lipinski definition) is 0. The second kappa shape index (κ2) is 9.68. The fourth-order valence-electron chi connectivity index (χ4n) is 4.49. The number of nitrogens with zero attached hydrogens (tertiary/aromatic N) is 2. The molecule has 0 atom stereocenters. The lowest BCUT2D eigenvalue weighted by molar-refractivity contribution is -1.29. The van der Waals surface area contributed by atoms with Gasteiger partial charge in [0, 0.05) is 24.3 Å². The van der Waals surface area contributed by atoms with Gasteiger partial charge in [0.1, 0.15) is 0 Å². The number of hydrogen-bond acceptors (Lipinski definition) is 0. The van der Waals surface area contributed by atoms with E-state index in [-0.39, 0.29) is 0 Å². The summed E-state index contributed by atoms with van der Waals surface area (Å²) < 4.78 is 4.46. The maximum atomic E-state index is 4.00. The minimum absolute atomic E-state index is 0.809. The highest BCUT2D eigenvalue weighted by Crippen LogP contribution is 2.29. The van der Waals surface area contributed by atoms with Crippen LogP contribution in [0.25, 0.3) is 33.6 Å². The molecular formula is C32H28N2+2. The first-order valence-electron chi connectivity index (χ1n) is 11.6. The monoisotopic (exact) mass is 440 g/mol. The summed E-state index contributed by atoms with van der Waals surface area (Å²) in [6, 6.07) is 38.6. The number of aryl methyl sites for hydroxylation is 1. The van der Waals surface area contributed by atoms with E-state index in [1.807, 2.05) is 6.08 Å². The molecule has 0 N–H and O–H groups in total. The maximum absolute atomic E-state index is 4.00. The van der Waals surface area contributed by atoms with Crippen molar-refractivity contribution in [1.29, 1.82) is 0 Å². The number of aromatic nitrogens is 2. The minimum atomic E-state index is 0.809. The molecule has 0 unspecified atom stereocenters. The van der Waals surface area contributed by atoms with E-state index in [2.05, 4.69) is 144 Å². The van der Waals surface area contributed by atoms with Crippen molar-refractivity contribution in [1.82, 2.24) is 0 Å². The molecule has 2 heterocycles. The average Bonchev–Trinajstić information content (AvgIpc) is 2.90. The van der Waals surface area contributed by atoms with Crippen LogP contribution in [0.4, 0.5) is 0 Å². The van der Waals surface area contributed by atoms with Gasteiger partial charge in [-0.2, -0.15) is 0 Å². The first kappa shape index (κ1) is 21.5. The lowest BCUT2D eigenvalue weighted by Crippen LogP contribution is -2.68. The Morgan fingerprint density at radius 2 is 1.24 bits per heavy atom. The Kier molecular flexibility index (Phi) is 6.13. The van der Waals surface area contributed by atoms with Gasteiger partial charge in [-0.15, -0.1) is 6.58 Å². The Labute approximate surface area is 201 Å². The Balaban J connectivity index is 1.73. The average molecular weight is 441 g/mol. The Morgan fingerprint density at radius 3 is 1.91 bits per heavy atom. The fourth-order valence-corrected chi connectivity index (χ4v) is 4.49. The standard InChI is InChI=1S/C32H28N2/c1-3-13-27-20-21-28(26-15-5-4-6-16-26)24-30(27)32-19-10-12-23-34(32)33-22-11-9-18-31(33)29-17-8-7-14-25(29)2/h3-12,14-24H,1,13H2,2H3/q+2. The molecule has 0 amide bonds. The third kappa shape index (κ3) is 4.18. The molecule has 0 aliphatic carbocycles. The van der Waals surface area contributed by atoms with Gasteiger partial charge in [-0.1, -0.05) is 66.7 Å². The molecule has 34 heavy (non-hydrogen) atoms. The van der Waals surface area contributed by atoms with Crippen LogP contribution < -0.4 is 9.35 Å². The Bertz CT molecular complexity index is 1450. The summed E-state index contributed by atoms with van der Waals surface area (Å²) in [5, 5.41) is 0. The van der Waals surface area contributed by atoms with Gasteiger partial charge in [0.05, 0.1) is 20.5 Å². The molecule has 0 saturated carbocycles. The molecule has 0 saturated heterocycles. The largest absolute Gasteiger partial charge is 0.284 e. The summed E-state index contributed by atoms with van der Waals surface area (Å²) in [4.78, 5) is 0. The highest BCUT2D eigenvalue weighted by atomic mass is 15.4. The summed E-state index contributed by atoms with van der Waals surface area (Å²) in [5.74, 6) is 0. The fraction of sp³-hybridized carbons (Fsp3) is 0.0625. The normalized spacial score (nSPS) is 10.7. The van der Waals surface area contributed by atoms with E-state index in [4.69, 9.17) is 0 Å². The molecule has 0 aliphatic heterocycles. The van der Waals surface area contributed by atoms with Gasteiger partial charge in [-0.25, -0.2) is 0 Å². The smallest absolute Gasteiger partial charge is 0.103 e. The molecule has 2 heteroatoms. The number of rotatable bonds is 6. The molecular weight excluding hydrogens is 412 g/mol. The molecule has 0 fully saturated rings. The molecule has 0 bridgehead atoms. The van der Waals surface area contributed by atoms with Crippen LogP contribution in [0.1, 0.15) is 11.1 Å². The van der Waals surface area contributed by atoms with Gasteiger partial charge < -0.3 is 0 Å². The third-order valence-corrected chi connectivity index (χ3v) is 6.19. The molecule has 0 spiro atoms. The Morgan fingerprint density at radius 1 is 0.618 bits per heavy atom. The zero-order valence-electron chi connectivity index (χ0n) is 19.4. The molecule has 2 aromatic heterocycles. The van der Waals surface area contributed by atoms with Gasteiger partial charge in [0.25, 0.3) is 11.4 Å². The van der Waals surface area contributed by atoms with E-state index in [1.54, 1.807) is 0 Å². The van der Waals surface area contributed by atoms with Gasteiger partial charge in [0.15, 0.2) is 0 Å². The van der Waals surface area contributed by atoms with Crippen LogP contribution >= 0.6 is 0 Å². The predicted octanol–water partition coefficient (Wildman–Crippen LogP) is 6.61. The highest BCUT2D eigenvalue weighted by Gasteiger charge is 2.28. The predicted molar refractivity (Wildman–Crippen MR) is 139 cm³/mol.